The van der Waals surface area contributed by atoms with Gasteiger partial charge in [-0.25, -0.2) is 0 Å². The predicted molar refractivity (Wildman–Crippen MR) is 102 cm³/mol. The number of alkyl halides is 2. The van der Waals surface area contributed by atoms with Crippen LogP contribution < -0.4 is 0 Å². The lowest BCUT2D eigenvalue weighted by atomic mass is 10.0. The van der Waals surface area contributed by atoms with Gasteiger partial charge in [-0.3, -0.25) is 0 Å². The van der Waals surface area contributed by atoms with Gasteiger partial charge in [0, 0.05) is 11.1 Å². The zero-order valence-electron chi connectivity index (χ0n) is 14.8. The fraction of sp³-hybridized carbons (Fsp3) is 0.400. The zero-order valence-corrected chi connectivity index (χ0v) is 16.3. The topological polar surface area (TPSA) is 77.4 Å². The van der Waals surface area contributed by atoms with Crippen LogP contribution in [0.4, 0.5) is 0 Å². The van der Waals surface area contributed by atoms with Crippen molar-refractivity contribution in [2.45, 2.75) is 34.9 Å². The molecule has 28 heavy (non-hydrogen) atoms. The van der Waals surface area contributed by atoms with Crippen molar-refractivity contribution in [2.75, 3.05) is 13.2 Å². The van der Waals surface area contributed by atoms with E-state index < -0.39 is 48.1 Å². The van der Waals surface area contributed by atoms with E-state index >= 15 is 0 Å². The summed E-state index contributed by atoms with van der Waals surface area (Å²) in [6.07, 6.45) is -3.43. The fourth-order valence-electron chi connectivity index (χ4n) is 3.47. The molecule has 4 rings (SSSR count). The number of benzene rings is 2. The van der Waals surface area contributed by atoms with Crippen LogP contribution in [-0.4, -0.2) is 47.8 Å². The summed E-state index contributed by atoms with van der Waals surface area (Å²) < 4.78 is 23.8. The molecule has 2 aromatic rings. The van der Waals surface area contributed by atoms with E-state index in [0.717, 1.165) is 0 Å². The summed E-state index contributed by atoms with van der Waals surface area (Å²) in [4.78, 5) is 0. The summed E-state index contributed by atoms with van der Waals surface area (Å²) >= 11 is 13.2. The van der Waals surface area contributed by atoms with E-state index in [1.807, 2.05) is 12.1 Å². The lowest BCUT2D eigenvalue weighted by Crippen LogP contribution is -2.43. The highest BCUT2D eigenvalue weighted by Crippen LogP contribution is 2.48. The van der Waals surface area contributed by atoms with Gasteiger partial charge in [-0.1, -0.05) is 83.9 Å². The normalized spacial score (nSPS) is 38.0. The van der Waals surface area contributed by atoms with Crippen LogP contribution in [0, 0.1) is 0 Å². The van der Waals surface area contributed by atoms with Gasteiger partial charge in [-0.15, -0.1) is 0 Å². The molecule has 0 aliphatic carbocycles. The zero-order chi connectivity index (χ0) is 19.8. The Morgan fingerprint density at radius 3 is 1.36 bits per heavy atom. The third kappa shape index (κ3) is 3.56. The Kier molecular flexibility index (Phi) is 5.66. The van der Waals surface area contributed by atoms with Gasteiger partial charge in [0.2, 0.25) is 0 Å². The van der Waals surface area contributed by atoms with Crippen molar-refractivity contribution in [3.05, 3.63) is 71.8 Å². The van der Waals surface area contributed by atoms with Gasteiger partial charge >= 0.3 is 0 Å². The quantitative estimate of drug-likeness (QED) is 0.731. The molecule has 6 nitrogen and oxygen atoms in total. The van der Waals surface area contributed by atoms with Crippen LogP contribution in [-0.2, 0) is 29.4 Å². The van der Waals surface area contributed by atoms with Crippen LogP contribution in [0.15, 0.2) is 60.7 Å². The lowest BCUT2D eigenvalue weighted by Gasteiger charge is -2.32. The fourth-order valence-corrected chi connectivity index (χ4v) is 4.15. The number of aliphatic hydroxyl groups excluding tert-OH is 2. The maximum Gasteiger partial charge on any atom is 0.277 e. The molecule has 0 spiro atoms. The van der Waals surface area contributed by atoms with Gasteiger partial charge in [0.1, 0.15) is 24.4 Å². The molecule has 2 heterocycles. The number of ether oxygens (including phenoxy) is 4. The molecule has 150 valence electrons. The number of hydrogen-bond acceptors (Lipinski definition) is 6. The van der Waals surface area contributed by atoms with E-state index in [0.29, 0.717) is 11.1 Å². The van der Waals surface area contributed by atoms with Crippen LogP contribution in [0.3, 0.4) is 0 Å². The second kappa shape index (κ2) is 7.89. The van der Waals surface area contributed by atoms with E-state index in [2.05, 4.69) is 0 Å². The monoisotopic (exact) mass is 426 g/mol. The average Bonchev–Trinajstić information content (AvgIpc) is 3.05. The molecule has 8 heteroatoms. The summed E-state index contributed by atoms with van der Waals surface area (Å²) in [5.41, 5.74) is 1.10. The molecular formula is C20H20Cl2O6. The molecule has 2 saturated heterocycles. The Labute approximate surface area is 172 Å². The Balaban J connectivity index is 1.69. The molecule has 0 bridgehead atoms. The maximum absolute atomic E-state index is 9.96. The molecule has 0 aromatic heterocycles. The van der Waals surface area contributed by atoms with Crippen molar-refractivity contribution in [3.8, 4) is 0 Å². The van der Waals surface area contributed by atoms with Crippen LogP contribution in [0.2, 0.25) is 0 Å². The minimum atomic E-state index is -1.72. The van der Waals surface area contributed by atoms with Gasteiger partial charge in [0.25, 0.3) is 10.5 Å². The van der Waals surface area contributed by atoms with Gasteiger partial charge < -0.3 is 29.2 Å². The van der Waals surface area contributed by atoms with Crippen LogP contribution in [0.1, 0.15) is 11.1 Å². The number of hydrogen-bond donors (Lipinski definition) is 2. The van der Waals surface area contributed by atoms with Gasteiger partial charge in [0.15, 0.2) is 0 Å². The van der Waals surface area contributed by atoms with Crippen molar-refractivity contribution in [2.24, 2.45) is 0 Å². The second-order valence-corrected chi connectivity index (χ2v) is 7.64. The van der Waals surface area contributed by atoms with Gasteiger partial charge in [-0.2, -0.15) is 0 Å². The van der Waals surface area contributed by atoms with Crippen LogP contribution in [0.5, 0.6) is 0 Å². The minimum Gasteiger partial charge on any atom is -0.394 e. The first-order valence-corrected chi connectivity index (χ1v) is 9.66. The van der Waals surface area contributed by atoms with Gasteiger partial charge in [0.05, 0.1) is 13.2 Å². The Morgan fingerprint density at radius 1 is 0.643 bits per heavy atom. The third-order valence-electron chi connectivity index (χ3n) is 4.83. The first-order valence-electron chi connectivity index (χ1n) is 8.91. The molecule has 0 radical (unpaired) electrons. The Morgan fingerprint density at radius 2 is 1.00 bits per heavy atom. The van der Waals surface area contributed by atoms with E-state index in [1.54, 1.807) is 48.5 Å². The number of fused-ring (bicyclic) bond motifs is 1. The first-order chi connectivity index (χ1) is 13.5. The molecule has 2 aliphatic heterocycles. The highest BCUT2D eigenvalue weighted by molar-refractivity contribution is 6.22. The third-order valence-corrected chi connectivity index (χ3v) is 5.63. The second-order valence-electron chi connectivity index (χ2n) is 6.65. The van der Waals surface area contributed by atoms with Crippen molar-refractivity contribution >= 4 is 23.2 Å². The molecule has 6 atom stereocenters. The van der Waals surface area contributed by atoms with E-state index in [9.17, 15) is 10.2 Å². The smallest absolute Gasteiger partial charge is 0.277 e. The summed E-state index contributed by atoms with van der Waals surface area (Å²) in [5.74, 6) is 0. The van der Waals surface area contributed by atoms with Gasteiger partial charge in [-0.05, 0) is 0 Å². The molecule has 2 fully saturated rings. The highest BCUT2D eigenvalue weighted by atomic mass is 35.5. The van der Waals surface area contributed by atoms with Crippen molar-refractivity contribution in [1.29, 1.82) is 0 Å². The predicted octanol–water partition coefficient (Wildman–Crippen LogP) is 2.64. The lowest BCUT2D eigenvalue weighted by molar-refractivity contribution is -0.256. The summed E-state index contributed by atoms with van der Waals surface area (Å²) in [7, 11) is 0. The molecule has 0 saturated carbocycles. The molecule has 0 amide bonds. The summed E-state index contributed by atoms with van der Waals surface area (Å²) in [6, 6.07) is 17.8. The molecule has 2 N–H and O–H groups in total. The number of aliphatic hydroxyl groups is 2. The summed E-state index contributed by atoms with van der Waals surface area (Å²) in [6.45, 7) is -0.815. The molecule has 2 unspecified atom stereocenters. The van der Waals surface area contributed by atoms with E-state index in [4.69, 9.17) is 42.1 Å². The van der Waals surface area contributed by atoms with E-state index in [-0.39, 0.29) is 0 Å². The highest BCUT2D eigenvalue weighted by Gasteiger charge is 2.58. The van der Waals surface area contributed by atoms with E-state index in [1.165, 1.54) is 0 Å². The summed E-state index contributed by atoms with van der Waals surface area (Å²) in [5, 5.41) is 16.6. The largest absolute Gasteiger partial charge is 0.394 e. The van der Waals surface area contributed by atoms with Crippen LogP contribution >= 0.6 is 23.2 Å². The Bertz CT molecular complexity index is 768. The standard InChI is InChI=1S/C20H20Cl2O6/c21-19(13-7-3-1-4-8-13)25-15(11-23)17-18(16(12-24)26-19)28-20(22,27-17)14-9-5-2-6-10-14/h1-10,15-18,23-24H,11-12H2/t15-,16+,17-,18-,19?,20?/m0/s1. The molecule has 2 aliphatic rings. The Hall–Kier alpha value is -1.22. The first kappa shape index (κ1) is 20.1. The van der Waals surface area contributed by atoms with Crippen LogP contribution in [0.25, 0.3) is 0 Å². The number of halogens is 2. The number of rotatable bonds is 4. The maximum atomic E-state index is 9.96. The average molecular weight is 427 g/mol. The minimum absolute atomic E-state index is 0.408. The van der Waals surface area contributed by atoms with Crippen molar-refractivity contribution in [3.63, 3.8) is 0 Å². The van der Waals surface area contributed by atoms with Crippen molar-refractivity contribution < 1.29 is 29.2 Å². The molecular weight excluding hydrogens is 407 g/mol. The van der Waals surface area contributed by atoms with Crippen molar-refractivity contribution in [1.82, 2.24) is 0 Å². The SMILES string of the molecule is OC[C@@H]1OC(Cl)(c2ccccc2)O[C@H](CO)[C@@H]2OC(Cl)(c3ccccc3)O[C@H]21. The molecule has 2 aromatic carbocycles.